The molecule has 0 atom stereocenters. The number of pyridine rings is 1. The Kier molecular flexibility index (Phi) is 3.21. The highest BCUT2D eigenvalue weighted by atomic mass is 16.3. The number of hydrogen-bond donors (Lipinski definition) is 1. The van der Waals surface area contributed by atoms with Gasteiger partial charge in [0.2, 0.25) is 0 Å². The predicted octanol–water partition coefficient (Wildman–Crippen LogP) is 3.07. The molecule has 1 amide bonds. The SMILES string of the molecule is Cc1cccc2cc(C(=O)NCc3cccnc3)oc12. The van der Waals surface area contributed by atoms with Crippen molar-refractivity contribution in [3.63, 3.8) is 0 Å². The highest BCUT2D eigenvalue weighted by Crippen LogP contribution is 2.22. The maximum atomic E-state index is 12.1. The smallest absolute Gasteiger partial charge is 0.287 e. The molecule has 2 aromatic heterocycles. The lowest BCUT2D eigenvalue weighted by Gasteiger charge is -2.02. The molecule has 0 aliphatic carbocycles. The van der Waals surface area contributed by atoms with Crippen molar-refractivity contribution in [1.82, 2.24) is 10.3 Å². The largest absolute Gasteiger partial charge is 0.451 e. The van der Waals surface area contributed by atoms with Gasteiger partial charge in [0, 0.05) is 24.3 Å². The molecule has 0 bridgehead atoms. The summed E-state index contributed by atoms with van der Waals surface area (Å²) in [6, 6.07) is 11.4. The van der Waals surface area contributed by atoms with Crippen LogP contribution < -0.4 is 5.32 Å². The highest BCUT2D eigenvalue weighted by Gasteiger charge is 2.12. The summed E-state index contributed by atoms with van der Waals surface area (Å²) in [7, 11) is 0. The summed E-state index contributed by atoms with van der Waals surface area (Å²) >= 11 is 0. The number of carbonyl (C=O) groups excluding carboxylic acids is 1. The lowest BCUT2D eigenvalue weighted by Crippen LogP contribution is -2.22. The zero-order valence-corrected chi connectivity index (χ0v) is 11.1. The molecule has 1 aromatic carbocycles. The van der Waals surface area contributed by atoms with Gasteiger partial charge in [-0.25, -0.2) is 0 Å². The number of amides is 1. The summed E-state index contributed by atoms with van der Waals surface area (Å²) in [4.78, 5) is 16.1. The molecule has 3 rings (SSSR count). The average Bonchev–Trinajstić information content (AvgIpc) is 2.91. The molecular formula is C16H14N2O2. The average molecular weight is 266 g/mol. The lowest BCUT2D eigenvalue weighted by atomic mass is 10.2. The summed E-state index contributed by atoms with van der Waals surface area (Å²) in [5.74, 6) is 0.114. The first kappa shape index (κ1) is 12.4. The van der Waals surface area contributed by atoms with Crippen LogP contribution in [0.15, 0.2) is 53.2 Å². The second-order valence-electron chi connectivity index (χ2n) is 4.65. The monoisotopic (exact) mass is 266 g/mol. The van der Waals surface area contributed by atoms with E-state index in [0.29, 0.717) is 12.3 Å². The van der Waals surface area contributed by atoms with Crippen LogP contribution in [-0.2, 0) is 6.54 Å². The van der Waals surface area contributed by atoms with Crippen LogP contribution in [0.3, 0.4) is 0 Å². The Morgan fingerprint density at radius 3 is 2.95 bits per heavy atom. The summed E-state index contributed by atoms with van der Waals surface area (Å²) in [6.07, 6.45) is 3.43. The first-order chi connectivity index (χ1) is 9.74. The maximum absolute atomic E-state index is 12.1. The summed E-state index contributed by atoms with van der Waals surface area (Å²) in [5.41, 5.74) is 2.74. The van der Waals surface area contributed by atoms with E-state index in [2.05, 4.69) is 10.3 Å². The van der Waals surface area contributed by atoms with Gasteiger partial charge in [0.15, 0.2) is 5.76 Å². The Bertz CT molecular complexity index is 748. The van der Waals surface area contributed by atoms with Crippen molar-refractivity contribution >= 4 is 16.9 Å². The number of rotatable bonds is 3. The number of benzene rings is 1. The topological polar surface area (TPSA) is 55.1 Å². The van der Waals surface area contributed by atoms with Gasteiger partial charge in [-0.2, -0.15) is 0 Å². The van der Waals surface area contributed by atoms with Gasteiger partial charge in [-0.05, 0) is 30.2 Å². The van der Waals surface area contributed by atoms with E-state index >= 15 is 0 Å². The zero-order chi connectivity index (χ0) is 13.9. The van der Waals surface area contributed by atoms with Crippen LogP contribution in [0.25, 0.3) is 11.0 Å². The number of para-hydroxylation sites is 1. The van der Waals surface area contributed by atoms with Crippen molar-refractivity contribution in [2.24, 2.45) is 0 Å². The van der Waals surface area contributed by atoms with Crippen molar-refractivity contribution in [3.05, 3.63) is 65.7 Å². The molecule has 0 saturated carbocycles. The van der Waals surface area contributed by atoms with Crippen LogP contribution in [0.1, 0.15) is 21.7 Å². The Balaban J connectivity index is 1.77. The second kappa shape index (κ2) is 5.17. The van der Waals surface area contributed by atoms with E-state index in [9.17, 15) is 4.79 Å². The molecular weight excluding hydrogens is 252 g/mol. The van der Waals surface area contributed by atoms with Crippen molar-refractivity contribution in [1.29, 1.82) is 0 Å². The fourth-order valence-corrected chi connectivity index (χ4v) is 2.09. The molecule has 0 aliphatic heterocycles. The predicted molar refractivity (Wildman–Crippen MR) is 76.4 cm³/mol. The Morgan fingerprint density at radius 1 is 1.30 bits per heavy atom. The van der Waals surface area contributed by atoms with Crippen molar-refractivity contribution < 1.29 is 9.21 Å². The molecule has 2 heterocycles. The third-order valence-corrected chi connectivity index (χ3v) is 3.14. The number of carbonyl (C=O) groups is 1. The van der Waals surface area contributed by atoms with E-state index in [4.69, 9.17) is 4.42 Å². The van der Waals surface area contributed by atoms with Gasteiger partial charge >= 0.3 is 0 Å². The third-order valence-electron chi connectivity index (χ3n) is 3.14. The normalized spacial score (nSPS) is 10.7. The van der Waals surface area contributed by atoms with Crippen LogP contribution in [-0.4, -0.2) is 10.9 Å². The molecule has 4 nitrogen and oxygen atoms in total. The van der Waals surface area contributed by atoms with Crippen LogP contribution in [0, 0.1) is 6.92 Å². The van der Waals surface area contributed by atoms with Gasteiger partial charge in [-0.1, -0.05) is 24.3 Å². The Labute approximate surface area is 116 Å². The molecule has 20 heavy (non-hydrogen) atoms. The molecule has 0 radical (unpaired) electrons. The lowest BCUT2D eigenvalue weighted by molar-refractivity contribution is 0.0925. The minimum absolute atomic E-state index is 0.218. The standard InChI is InChI=1S/C16H14N2O2/c1-11-4-2-6-13-8-14(20-15(11)13)16(19)18-10-12-5-3-7-17-9-12/h2-9H,10H2,1H3,(H,18,19). The molecule has 1 N–H and O–H groups in total. The van der Waals surface area contributed by atoms with E-state index < -0.39 is 0 Å². The first-order valence-corrected chi connectivity index (χ1v) is 6.40. The summed E-state index contributed by atoms with van der Waals surface area (Å²) in [6.45, 7) is 2.39. The number of aromatic nitrogens is 1. The number of nitrogens with one attached hydrogen (secondary N) is 1. The number of aryl methyl sites for hydroxylation is 1. The van der Waals surface area contributed by atoms with Gasteiger partial charge in [0.05, 0.1) is 0 Å². The molecule has 0 aliphatic rings. The Morgan fingerprint density at radius 2 is 2.20 bits per heavy atom. The molecule has 3 aromatic rings. The van der Waals surface area contributed by atoms with E-state index in [1.54, 1.807) is 18.5 Å². The quantitative estimate of drug-likeness (QED) is 0.792. The molecule has 100 valence electrons. The van der Waals surface area contributed by atoms with Crippen LogP contribution in [0.2, 0.25) is 0 Å². The van der Waals surface area contributed by atoms with Gasteiger partial charge in [0.25, 0.3) is 5.91 Å². The van der Waals surface area contributed by atoms with Crippen molar-refractivity contribution in [2.75, 3.05) is 0 Å². The third kappa shape index (κ3) is 2.40. The molecule has 4 heteroatoms. The zero-order valence-electron chi connectivity index (χ0n) is 11.1. The van der Waals surface area contributed by atoms with Gasteiger partial charge in [0.1, 0.15) is 5.58 Å². The van der Waals surface area contributed by atoms with E-state index in [-0.39, 0.29) is 5.91 Å². The van der Waals surface area contributed by atoms with E-state index in [1.165, 1.54) is 0 Å². The number of furan rings is 1. The number of nitrogens with zero attached hydrogens (tertiary/aromatic N) is 1. The van der Waals surface area contributed by atoms with Crippen LogP contribution >= 0.6 is 0 Å². The van der Waals surface area contributed by atoms with Gasteiger partial charge < -0.3 is 9.73 Å². The molecule has 0 saturated heterocycles. The van der Waals surface area contributed by atoms with Crippen LogP contribution in [0.4, 0.5) is 0 Å². The van der Waals surface area contributed by atoms with Gasteiger partial charge in [-0.3, -0.25) is 9.78 Å². The second-order valence-corrected chi connectivity index (χ2v) is 4.65. The minimum Gasteiger partial charge on any atom is -0.451 e. The summed E-state index contributed by atoms with van der Waals surface area (Å²) < 4.78 is 5.62. The highest BCUT2D eigenvalue weighted by molar-refractivity contribution is 5.96. The van der Waals surface area contributed by atoms with Gasteiger partial charge in [-0.15, -0.1) is 0 Å². The van der Waals surface area contributed by atoms with Crippen LogP contribution in [0.5, 0.6) is 0 Å². The maximum Gasteiger partial charge on any atom is 0.287 e. The molecule has 0 unspecified atom stereocenters. The van der Waals surface area contributed by atoms with E-state index in [1.807, 2.05) is 37.3 Å². The fourth-order valence-electron chi connectivity index (χ4n) is 2.09. The molecule has 0 fully saturated rings. The van der Waals surface area contributed by atoms with Crippen molar-refractivity contribution in [2.45, 2.75) is 13.5 Å². The number of fused-ring (bicyclic) bond motifs is 1. The fraction of sp³-hybridized carbons (Fsp3) is 0.125. The Hall–Kier alpha value is -2.62. The molecule has 0 spiro atoms. The van der Waals surface area contributed by atoms with Crippen molar-refractivity contribution in [3.8, 4) is 0 Å². The number of hydrogen-bond acceptors (Lipinski definition) is 3. The van der Waals surface area contributed by atoms with E-state index in [0.717, 1.165) is 22.1 Å². The first-order valence-electron chi connectivity index (χ1n) is 6.40. The summed E-state index contributed by atoms with van der Waals surface area (Å²) in [5, 5.41) is 3.76. The minimum atomic E-state index is -0.218.